The summed E-state index contributed by atoms with van der Waals surface area (Å²) in [5.74, 6) is -0.206. The molecule has 0 spiro atoms. The average molecular weight is 304 g/mol. The van der Waals surface area contributed by atoms with Crippen LogP contribution in [-0.4, -0.2) is 23.4 Å². The van der Waals surface area contributed by atoms with Crippen LogP contribution in [0.15, 0.2) is 12.1 Å². The number of rotatable bonds is 5. The number of anilines is 1. The van der Waals surface area contributed by atoms with Crippen molar-refractivity contribution in [1.82, 2.24) is 5.32 Å². The lowest BCUT2D eigenvalue weighted by Crippen LogP contribution is -2.31. The molecule has 0 atom stereocenters. The number of halogens is 2. The van der Waals surface area contributed by atoms with Gasteiger partial charge in [0.15, 0.2) is 0 Å². The maximum absolute atomic E-state index is 11.5. The molecule has 1 amide bonds. The Labute approximate surface area is 119 Å². The van der Waals surface area contributed by atoms with Gasteiger partial charge < -0.3 is 10.6 Å². The molecule has 0 unspecified atom stereocenters. The first-order valence-electron chi connectivity index (χ1n) is 5.64. The molecule has 1 fully saturated rings. The van der Waals surface area contributed by atoms with E-state index in [1.165, 1.54) is 6.07 Å². The number of carbonyl (C=O) groups is 1. The lowest BCUT2D eigenvalue weighted by atomic mass is 10.2. The van der Waals surface area contributed by atoms with Crippen molar-refractivity contribution >= 4 is 40.5 Å². The Kier molecular flexibility index (Phi) is 4.11. The van der Waals surface area contributed by atoms with Crippen molar-refractivity contribution in [2.75, 3.05) is 11.9 Å². The van der Waals surface area contributed by atoms with E-state index in [9.17, 15) is 14.9 Å². The molecule has 1 aliphatic carbocycles. The van der Waals surface area contributed by atoms with Crippen molar-refractivity contribution in [2.45, 2.75) is 18.9 Å². The Morgan fingerprint density at radius 1 is 1.37 bits per heavy atom. The van der Waals surface area contributed by atoms with E-state index >= 15 is 0 Å². The Bertz CT molecular complexity index is 532. The first-order valence-corrected chi connectivity index (χ1v) is 6.39. The van der Waals surface area contributed by atoms with Crippen LogP contribution in [-0.2, 0) is 4.79 Å². The van der Waals surface area contributed by atoms with Gasteiger partial charge in [-0.1, -0.05) is 23.2 Å². The molecule has 2 N–H and O–H groups in total. The zero-order chi connectivity index (χ0) is 14.0. The van der Waals surface area contributed by atoms with E-state index in [0.717, 1.165) is 18.9 Å². The summed E-state index contributed by atoms with van der Waals surface area (Å²) in [5.41, 5.74) is -0.0426. The van der Waals surface area contributed by atoms with Gasteiger partial charge in [-0.15, -0.1) is 0 Å². The van der Waals surface area contributed by atoms with Gasteiger partial charge in [0.25, 0.3) is 5.69 Å². The average Bonchev–Trinajstić information content (AvgIpc) is 3.13. The normalized spacial score (nSPS) is 14.0. The molecule has 1 saturated carbocycles. The summed E-state index contributed by atoms with van der Waals surface area (Å²) in [5, 5.41) is 16.6. The maximum Gasteiger partial charge on any atom is 0.293 e. The van der Waals surface area contributed by atoms with Gasteiger partial charge in [0.1, 0.15) is 5.69 Å². The van der Waals surface area contributed by atoms with Gasteiger partial charge in [0.2, 0.25) is 5.91 Å². The summed E-state index contributed by atoms with van der Waals surface area (Å²) in [7, 11) is 0. The largest absolute Gasteiger partial charge is 0.371 e. The van der Waals surface area contributed by atoms with Crippen molar-refractivity contribution in [3.63, 3.8) is 0 Å². The molecule has 0 bridgehead atoms. The number of hydrogen-bond acceptors (Lipinski definition) is 4. The molecule has 1 aromatic rings. The highest BCUT2D eigenvalue weighted by Gasteiger charge is 2.23. The quantitative estimate of drug-likeness (QED) is 0.647. The molecule has 0 saturated heterocycles. The first kappa shape index (κ1) is 13.9. The number of amides is 1. The van der Waals surface area contributed by atoms with E-state index in [-0.39, 0.29) is 39.9 Å². The van der Waals surface area contributed by atoms with Crippen LogP contribution in [0.4, 0.5) is 11.4 Å². The molecular formula is C11H11Cl2N3O3. The van der Waals surface area contributed by atoms with Gasteiger partial charge in [-0.2, -0.15) is 0 Å². The standard InChI is InChI=1S/C11H11Cl2N3O3/c12-7-3-9(10(16(18)19)4-8(7)13)14-5-11(17)15-6-1-2-6/h3-4,6,14H,1-2,5H2,(H,15,17). The number of nitrogens with zero attached hydrogens (tertiary/aromatic N) is 1. The molecule has 1 aliphatic rings. The van der Waals surface area contributed by atoms with Crippen molar-refractivity contribution < 1.29 is 9.72 Å². The molecule has 102 valence electrons. The highest BCUT2D eigenvalue weighted by molar-refractivity contribution is 6.42. The zero-order valence-electron chi connectivity index (χ0n) is 9.78. The maximum atomic E-state index is 11.5. The van der Waals surface area contributed by atoms with E-state index in [1.54, 1.807) is 0 Å². The summed E-state index contributed by atoms with van der Waals surface area (Å²) in [6.07, 6.45) is 1.97. The number of nitrogens with one attached hydrogen (secondary N) is 2. The third kappa shape index (κ3) is 3.71. The van der Waals surface area contributed by atoms with Gasteiger partial charge in [0, 0.05) is 12.1 Å². The predicted octanol–water partition coefficient (Wildman–Crippen LogP) is 2.59. The summed E-state index contributed by atoms with van der Waals surface area (Å²) < 4.78 is 0. The zero-order valence-corrected chi connectivity index (χ0v) is 11.3. The number of nitro groups is 1. The Hall–Kier alpha value is -1.53. The van der Waals surface area contributed by atoms with Gasteiger partial charge in [-0.3, -0.25) is 14.9 Å². The second-order valence-corrected chi connectivity index (χ2v) is 5.05. The van der Waals surface area contributed by atoms with E-state index in [1.807, 2.05) is 0 Å². The number of benzene rings is 1. The lowest BCUT2D eigenvalue weighted by molar-refractivity contribution is -0.383. The molecule has 6 nitrogen and oxygen atoms in total. The topological polar surface area (TPSA) is 84.3 Å². The van der Waals surface area contributed by atoms with E-state index < -0.39 is 4.92 Å². The summed E-state index contributed by atoms with van der Waals surface area (Å²) in [6.45, 7) is -0.0463. The highest BCUT2D eigenvalue weighted by Crippen LogP contribution is 2.33. The molecule has 0 aliphatic heterocycles. The second-order valence-electron chi connectivity index (χ2n) is 4.24. The van der Waals surface area contributed by atoms with Gasteiger partial charge in [0.05, 0.1) is 21.5 Å². The van der Waals surface area contributed by atoms with Crippen molar-refractivity contribution in [3.8, 4) is 0 Å². The smallest absolute Gasteiger partial charge is 0.293 e. The third-order valence-electron chi connectivity index (χ3n) is 2.62. The fourth-order valence-electron chi connectivity index (χ4n) is 1.51. The third-order valence-corrected chi connectivity index (χ3v) is 3.34. The van der Waals surface area contributed by atoms with Crippen molar-refractivity contribution in [2.24, 2.45) is 0 Å². The van der Waals surface area contributed by atoms with Crippen LogP contribution in [0.3, 0.4) is 0 Å². The number of hydrogen-bond donors (Lipinski definition) is 2. The molecule has 1 aromatic carbocycles. The molecule has 0 heterocycles. The van der Waals surface area contributed by atoms with Crippen LogP contribution >= 0.6 is 23.2 Å². The van der Waals surface area contributed by atoms with E-state index in [4.69, 9.17) is 23.2 Å². The summed E-state index contributed by atoms with van der Waals surface area (Å²) in [4.78, 5) is 21.8. The second kappa shape index (κ2) is 5.63. The fourth-order valence-corrected chi connectivity index (χ4v) is 1.83. The minimum Gasteiger partial charge on any atom is -0.371 e. The van der Waals surface area contributed by atoms with Crippen LogP contribution in [0.2, 0.25) is 10.0 Å². The van der Waals surface area contributed by atoms with Gasteiger partial charge in [-0.25, -0.2) is 0 Å². The molecule has 19 heavy (non-hydrogen) atoms. The van der Waals surface area contributed by atoms with Crippen LogP contribution in [0.1, 0.15) is 12.8 Å². The molecule has 8 heteroatoms. The monoisotopic (exact) mass is 303 g/mol. The van der Waals surface area contributed by atoms with Crippen LogP contribution < -0.4 is 10.6 Å². The van der Waals surface area contributed by atoms with E-state index in [2.05, 4.69) is 10.6 Å². The summed E-state index contributed by atoms with van der Waals surface area (Å²) >= 11 is 11.5. The van der Waals surface area contributed by atoms with Crippen LogP contribution in [0.25, 0.3) is 0 Å². The van der Waals surface area contributed by atoms with Gasteiger partial charge in [-0.05, 0) is 18.9 Å². The number of carbonyl (C=O) groups excluding carboxylic acids is 1. The van der Waals surface area contributed by atoms with Crippen LogP contribution in [0.5, 0.6) is 0 Å². The van der Waals surface area contributed by atoms with Crippen LogP contribution in [0, 0.1) is 10.1 Å². The predicted molar refractivity (Wildman–Crippen MR) is 72.8 cm³/mol. The lowest BCUT2D eigenvalue weighted by Gasteiger charge is -2.08. The van der Waals surface area contributed by atoms with Crippen molar-refractivity contribution in [3.05, 3.63) is 32.3 Å². The van der Waals surface area contributed by atoms with Gasteiger partial charge >= 0.3 is 0 Å². The Balaban J connectivity index is 2.07. The first-order chi connectivity index (χ1) is 8.97. The Morgan fingerprint density at radius 3 is 2.58 bits per heavy atom. The minimum atomic E-state index is -0.580. The summed E-state index contributed by atoms with van der Waals surface area (Å²) in [6, 6.07) is 2.75. The highest BCUT2D eigenvalue weighted by atomic mass is 35.5. The molecular weight excluding hydrogens is 293 g/mol. The molecule has 0 radical (unpaired) electrons. The van der Waals surface area contributed by atoms with Crippen molar-refractivity contribution in [1.29, 1.82) is 0 Å². The van der Waals surface area contributed by atoms with E-state index in [0.29, 0.717) is 0 Å². The minimum absolute atomic E-state index is 0.0463. The Morgan fingerprint density at radius 2 is 2.00 bits per heavy atom. The fraction of sp³-hybridized carbons (Fsp3) is 0.364. The molecule has 0 aromatic heterocycles. The molecule has 2 rings (SSSR count). The SMILES string of the molecule is O=C(CNc1cc(Cl)c(Cl)cc1[N+](=O)[O-])NC1CC1. The number of nitro benzene ring substituents is 1.